The van der Waals surface area contributed by atoms with E-state index in [9.17, 15) is 13.2 Å². The highest BCUT2D eigenvalue weighted by Gasteiger charge is 2.46. The van der Waals surface area contributed by atoms with Crippen molar-refractivity contribution in [2.24, 2.45) is 0 Å². The lowest BCUT2D eigenvalue weighted by atomic mass is 10.2. The summed E-state index contributed by atoms with van der Waals surface area (Å²) in [5, 5.41) is -0.0935. The number of hydrogen-bond acceptors (Lipinski definition) is 3. The van der Waals surface area contributed by atoms with E-state index in [1.807, 2.05) is 33.9 Å². The van der Waals surface area contributed by atoms with E-state index in [-0.39, 0.29) is 16.5 Å². The molecule has 20 heavy (non-hydrogen) atoms. The van der Waals surface area contributed by atoms with Crippen LogP contribution in [-0.4, -0.2) is 14.6 Å². The second-order valence-electron chi connectivity index (χ2n) is 6.26. The van der Waals surface area contributed by atoms with Gasteiger partial charge in [0.25, 0.3) is 0 Å². The van der Waals surface area contributed by atoms with Crippen LogP contribution in [-0.2, 0) is 0 Å². The summed E-state index contributed by atoms with van der Waals surface area (Å²) in [6, 6.07) is 2.28. The molecule has 0 radical (unpaired) electrons. The summed E-state index contributed by atoms with van der Waals surface area (Å²) in [7, 11) is -2.19. The van der Waals surface area contributed by atoms with Crippen molar-refractivity contribution in [3.63, 3.8) is 0 Å². The van der Waals surface area contributed by atoms with E-state index < -0.39 is 26.2 Å². The Morgan fingerprint density at radius 2 is 1.75 bits per heavy atom. The summed E-state index contributed by atoms with van der Waals surface area (Å²) in [6.45, 7) is 10.0. The predicted octanol–water partition coefficient (Wildman–Crippen LogP) is 4.53. The Bertz CT molecular complexity index is 538. The van der Waals surface area contributed by atoms with E-state index >= 15 is 0 Å². The van der Waals surface area contributed by atoms with Gasteiger partial charge >= 0.3 is 6.29 Å². The second-order valence-corrected chi connectivity index (χ2v) is 11.0. The Morgan fingerprint density at radius 1 is 1.15 bits per heavy atom. The van der Waals surface area contributed by atoms with Crippen LogP contribution in [0.25, 0.3) is 0 Å². The van der Waals surface area contributed by atoms with Crippen molar-refractivity contribution < 1.29 is 27.1 Å². The van der Waals surface area contributed by atoms with Crippen LogP contribution in [0.2, 0.25) is 18.1 Å². The lowest BCUT2D eigenvalue weighted by Gasteiger charge is -2.36. The zero-order chi connectivity index (χ0) is 15.3. The normalized spacial score (nSPS) is 17.2. The van der Waals surface area contributed by atoms with E-state index in [1.165, 1.54) is 6.07 Å². The number of fused-ring (bicyclic) bond motifs is 1. The maximum Gasteiger partial charge on any atom is 0.586 e. The molecule has 0 aliphatic carbocycles. The standard InChI is InChI=1S/C13H17F3O3Si/c1-12(2,3)20(4,5)19-8-6-9(14)11-10(7-8)17-13(15,16)18-11/h6-7H,1-5H3. The zero-order valence-electron chi connectivity index (χ0n) is 12.0. The first-order valence-electron chi connectivity index (χ1n) is 6.20. The second kappa shape index (κ2) is 4.31. The van der Waals surface area contributed by atoms with Gasteiger partial charge in [0.05, 0.1) is 0 Å². The molecule has 1 heterocycles. The first-order chi connectivity index (χ1) is 8.91. The Balaban J connectivity index is 2.32. The maximum atomic E-state index is 13.8. The van der Waals surface area contributed by atoms with Gasteiger partial charge in [-0.15, -0.1) is 8.78 Å². The van der Waals surface area contributed by atoms with Gasteiger partial charge in [-0.1, -0.05) is 20.8 Å². The maximum absolute atomic E-state index is 13.8. The van der Waals surface area contributed by atoms with Crippen molar-refractivity contribution in [3.8, 4) is 17.2 Å². The smallest absolute Gasteiger partial charge is 0.543 e. The molecule has 7 heteroatoms. The van der Waals surface area contributed by atoms with Crippen LogP contribution in [0, 0.1) is 5.82 Å². The van der Waals surface area contributed by atoms with Gasteiger partial charge in [-0.2, -0.15) is 0 Å². The number of rotatable bonds is 2. The number of halogens is 3. The van der Waals surface area contributed by atoms with Crippen molar-refractivity contribution in [1.29, 1.82) is 0 Å². The minimum atomic E-state index is -3.83. The molecular formula is C13H17F3O3Si. The molecule has 0 bridgehead atoms. The highest BCUT2D eigenvalue weighted by atomic mass is 28.4. The largest absolute Gasteiger partial charge is 0.586 e. The summed E-state index contributed by atoms with van der Waals surface area (Å²) in [6.07, 6.45) is -3.83. The number of alkyl halides is 2. The molecule has 2 rings (SSSR count). The fourth-order valence-electron chi connectivity index (χ4n) is 1.49. The van der Waals surface area contributed by atoms with E-state index in [4.69, 9.17) is 4.43 Å². The third-order valence-corrected chi connectivity index (χ3v) is 7.97. The Morgan fingerprint density at radius 3 is 2.30 bits per heavy atom. The lowest BCUT2D eigenvalue weighted by molar-refractivity contribution is -0.287. The third kappa shape index (κ3) is 2.72. The summed E-state index contributed by atoms with van der Waals surface area (Å²) in [5.74, 6) is -1.68. The first kappa shape index (κ1) is 15.0. The van der Waals surface area contributed by atoms with Crippen LogP contribution in [0.1, 0.15) is 20.8 Å². The van der Waals surface area contributed by atoms with Gasteiger partial charge < -0.3 is 13.9 Å². The summed E-state index contributed by atoms with van der Waals surface area (Å²) in [5.41, 5.74) is 0. The number of ether oxygens (including phenoxy) is 2. The lowest BCUT2D eigenvalue weighted by Crippen LogP contribution is -2.43. The van der Waals surface area contributed by atoms with Crippen LogP contribution in [0.4, 0.5) is 13.2 Å². The van der Waals surface area contributed by atoms with Gasteiger partial charge in [-0.05, 0) is 18.1 Å². The molecule has 0 saturated carbocycles. The Labute approximate surface area is 116 Å². The fourth-order valence-corrected chi connectivity index (χ4v) is 2.51. The van der Waals surface area contributed by atoms with Gasteiger partial charge in [-0.25, -0.2) is 4.39 Å². The minimum absolute atomic E-state index is 0.0935. The van der Waals surface area contributed by atoms with E-state index in [1.54, 1.807) is 0 Å². The molecule has 0 N–H and O–H groups in total. The van der Waals surface area contributed by atoms with Crippen LogP contribution in [0.3, 0.4) is 0 Å². The van der Waals surface area contributed by atoms with E-state index in [2.05, 4.69) is 9.47 Å². The van der Waals surface area contributed by atoms with E-state index in [0.29, 0.717) is 0 Å². The van der Waals surface area contributed by atoms with Gasteiger partial charge in [-0.3, -0.25) is 0 Å². The Kier molecular flexibility index (Phi) is 3.24. The monoisotopic (exact) mass is 306 g/mol. The molecule has 1 aromatic rings. The highest BCUT2D eigenvalue weighted by Crippen LogP contribution is 2.46. The zero-order valence-corrected chi connectivity index (χ0v) is 13.0. The predicted molar refractivity (Wildman–Crippen MR) is 70.4 cm³/mol. The average molecular weight is 306 g/mol. The number of hydrogen-bond donors (Lipinski definition) is 0. The molecule has 0 unspecified atom stereocenters. The Hall–Kier alpha value is -1.37. The number of benzene rings is 1. The third-order valence-electron chi connectivity index (χ3n) is 3.61. The van der Waals surface area contributed by atoms with Crippen molar-refractivity contribution in [2.75, 3.05) is 0 Å². The van der Waals surface area contributed by atoms with Crippen molar-refractivity contribution in [1.82, 2.24) is 0 Å². The minimum Gasteiger partial charge on any atom is -0.543 e. The van der Waals surface area contributed by atoms with Gasteiger partial charge in [0.2, 0.25) is 14.1 Å². The molecule has 112 valence electrons. The van der Waals surface area contributed by atoms with E-state index in [0.717, 1.165) is 6.07 Å². The summed E-state index contributed by atoms with van der Waals surface area (Å²) < 4.78 is 53.8. The molecule has 0 aromatic heterocycles. The van der Waals surface area contributed by atoms with Gasteiger partial charge in [0, 0.05) is 12.1 Å². The van der Waals surface area contributed by atoms with Gasteiger partial charge in [0.15, 0.2) is 11.6 Å². The van der Waals surface area contributed by atoms with Crippen LogP contribution >= 0.6 is 0 Å². The molecule has 1 aliphatic rings. The first-order valence-corrected chi connectivity index (χ1v) is 9.10. The molecular weight excluding hydrogens is 289 g/mol. The van der Waals surface area contributed by atoms with Crippen molar-refractivity contribution >= 4 is 8.32 Å². The molecule has 1 aliphatic heterocycles. The molecule has 0 amide bonds. The van der Waals surface area contributed by atoms with Crippen molar-refractivity contribution in [3.05, 3.63) is 17.9 Å². The molecule has 3 nitrogen and oxygen atoms in total. The molecule has 1 aromatic carbocycles. The van der Waals surface area contributed by atoms with Gasteiger partial charge in [0.1, 0.15) is 5.75 Å². The quantitative estimate of drug-likeness (QED) is 0.751. The summed E-state index contributed by atoms with van der Waals surface area (Å²) >= 11 is 0. The fraction of sp³-hybridized carbons (Fsp3) is 0.538. The topological polar surface area (TPSA) is 27.7 Å². The van der Waals surface area contributed by atoms with Crippen LogP contribution in [0.5, 0.6) is 17.2 Å². The van der Waals surface area contributed by atoms with Crippen LogP contribution < -0.4 is 13.9 Å². The molecule has 0 saturated heterocycles. The average Bonchev–Trinajstić information content (AvgIpc) is 2.50. The van der Waals surface area contributed by atoms with Crippen LogP contribution in [0.15, 0.2) is 12.1 Å². The SMILES string of the molecule is CC(C)(C)[Si](C)(C)Oc1cc(F)c2c(c1)OC(F)(F)O2. The molecule has 0 spiro atoms. The molecule has 0 atom stereocenters. The summed E-state index contributed by atoms with van der Waals surface area (Å²) in [4.78, 5) is 0. The van der Waals surface area contributed by atoms with Crippen molar-refractivity contribution in [2.45, 2.75) is 45.2 Å². The molecule has 0 fully saturated rings. The highest BCUT2D eigenvalue weighted by molar-refractivity contribution is 6.74.